The Morgan fingerprint density at radius 2 is 1.29 bits per heavy atom. The molecule has 2 saturated carbocycles. The molecule has 0 aromatic heterocycles. The normalized spacial score (nSPS) is 33.7. The molecule has 0 spiro atoms. The second kappa shape index (κ2) is 24.0. The number of ether oxygens (including phenoxy) is 4. The van der Waals surface area contributed by atoms with Gasteiger partial charge in [-0.25, -0.2) is 0 Å². The molecule has 11 nitrogen and oxygen atoms in total. The summed E-state index contributed by atoms with van der Waals surface area (Å²) in [6.07, 6.45) is 22.4. The van der Waals surface area contributed by atoms with E-state index in [-0.39, 0.29) is 12.1 Å². The van der Waals surface area contributed by atoms with Crippen molar-refractivity contribution in [2.75, 3.05) is 26.4 Å². The third kappa shape index (κ3) is 13.8. The maximum atomic E-state index is 11.5. The van der Waals surface area contributed by atoms with Crippen molar-refractivity contribution in [3.63, 3.8) is 0 Å². The topological polar surface area (TPSA) is 174 Å². The van der Waals surface area contributed by atoms with E-state index >= 15 is 0 Å². The van der Waals surface area contributed by atoms with Crippen molar-refractivity contribution in [2.24, 2.45) is 17.8 Å². The van der Waals surface area contributed by atoms with Gasteiger partial charge >= 0.3 is 0 Å². The van der Waals surface area contributed by atoms with Crippen LogP contribution >= 0.6 is 0 Å². The number of unbranched alkanes of at least 4 members (excludes halogenated alkanes) is 18. The zero-order valence-electron chi connectivity index (χ0n) is 34.3. The van der Waals surface area contributed by atoms with Gasteiger partial charge in [0.25, 0.3) is 0 Å². The number of hydrogen-bond acceptors (Lipinski definition) is 11. The van der Waals surface area contributed by atoms with Crippen molar-refractivity contribution in [3.8, 4) is 0 Å². The number of nitrogens with one attached hydrogen (secondary N) is 1. The Bertz CT molecular complexity index is 1030. The fourth-order valence-electron chi connectivity index (χ4n) is 10.3. The fraction of sp³-hybridized carbons (Fsp3) is 1.00. The molecule has 5 unspecified atom stereocenters. The highest BCUT2D eigenvalue weighted by molar-refractivity contribution is 5.10. The molecule has 0 aromatic carbocycles. The lowest BCUT2D eigenvalue weighted by atomic mass is 9.85. The number of aliphatic hydroxyl groups is 6. The van der Waals surface area contributed by atoms with Crippen molar-refractivity contribution in [2.45, 2.75) is 234 Å². The summed E-state index contributed by atoms with van der Waals surface area (Å²) in [5.74, 6) is 2.67. The van der Waals surface area contributed by atoms with Crippen molar-refractivity contribution >= 4 is 0 Å². The van der Waals surface area contributed by atoms with Crippen molar-refractivity contribution in [3.05, 3.63) is 0 Å². The number of fused-ring (bicyclic) bond motifs is 5. The van der Waals surface area contributed by atoms with Gasteiger partial charge in [0.1, 0.15) is 24.4 Å². The molecule has 0 amide bonds. The van der Waals surface area contributed by atoms with Crippen LogP contribution in [0.25, 0.3) is 0 Å². The molecule has 322 valence electrons. The summed E-state index contributed by atoms with van der Waals surface area (Å²) in [6.45, 7) is 2.59. The van der Waals surface area contributed by atoms with Gasteiger partial charge in [-0.05, 0) is 43.4 Å². The lowest BCUT2D eigenvalue weighted by Crippen LogP contribution is -2.67. The SMILES string of the molecule is CCCCCCCCCCCCCC[C@@H](O)[C@@H](O)[C@H](COC1OC(CO)C(O)C(O)C1O)NC1(CCCCCCCCCC[C@H]2C[C@@H]3C[C@H]2[C@@H]2O[C@H]32)COC1. The van der Waals surface area contributed by atoms with Crippen LogP contribution in [-0.2, 0) is 18.9 Å². The highest BCUT2D eigenvalue weighted by Gasteiger charge is 2.62. The predicted molar refractivity (Wildman–Crippen MR) is 212 cm³/mol. The average molecular weight is 784 g/mol. The molecule has 11 heteroatoms. The van der Waals surface area contributed by atoms with Crippen LogP contribution in [0.3, 0.4) is 0 Å². The van der Waals surface area contributed by atoms with Gasteiger partial charge in [-0.3, -0.25) is 5.32 Å². The summed E-state index contributed by atoms with van der Waals surface area (Å²) in [6, 6.07) is -0.693. The molecule has 7 N–H and O–H groups in total. The van der Waals surface area contributed by atoms with E-state index in [2.05, 4.69) is 12.2 Å². The minimum absolute atomic E-state index is 0.113. The molecule has 0 radical (unpaired) electrons. The maximum absolute atomic E-state index is 11.5. The van der Waals surface area contributed by atoms with Gasteiger partial charge < -0.3 is 49.6 Å². The van der Waals surface area contributed by atoms with Crippen molar-refractivity contribution in [1.29, 1.82) is 0 Å². The zero-order valence-corrected chi connectivity index (χ0v) is 34.3. The highest BCUT2D eigenvalue weighted by atomic mass is 16.7. The molecule has 3 saturated heterocycles. The molecule has 3 aliphatic heterocycles. The van der Waals surface area contributed by atoms with Crippen LogP contribution in [0, 0.1) is 17.8 Å². The van der Waals surface area contributed by atoms with Crippen LogP contribution in [0.2, 0.25) is 0 Å². The van der Waals surface area contributed by atoms with E-state index in [1.807, 2.05) is 0 Å². The monoisotopic (exact) mass is 784 g/mol. The van der Waals surface area contributed by atoms with E-state index in [1.54, 1.807) is 0 Å². The number of rotatable bonds is 32. The summed E-state index contributed by atoms with van der Waals surface area (Å²) < 4.78 is 23.0. The molecule has 5 fully saturated rings. The molecular weight excluding hydrogens is 702 g/mol. The molecule has 2 aliphatic carbocycles. The maximum Gasteiger partial charge on any atom is 0.186 e. The lowest BCUT2D eigenvalue weighted by molar-refractivity contribution is -0.303. The zero-order chi connectivity index (χ0) is 39.0. The van der Waals surface area contributed by atoms with E-state index < -0.39 is 55.6 Å². The van der Waals surface area contributed by atoms with E-state index in [1.165, 1.54) is 116 Å². The molecule has 2 bridgehead atoms. The van der Waals surface area contributed by atoms with Crippen molar-refractivity contribution < 1.29 is 49.6 Å². The van der Waals surface area contributed by atoms with Crippen molar-refractivity contribution in [1.82, 2.24) is 5.32 Å². The summed E-state index contributed by atoms with van der Waals surface area (Å²) in [4.78, 5) is 0. The molecule has 0 aromatic rings. The number of hydrogen-bond donors (Lipinski definition) is 7. The van der Waals surface area contributed by atoms with Gasteiger partial charge in [-0.15, -0.1) is 0 Å². The summed E-state index contributed by atoms with van der Waals surface area (Å²) >= 11 is 0. The van der Waals surface area contributed by atoms with Gasteiger partial charge in [-0.2, -0.15) is 0 Å². The lowest BCUT2D eigenvalue weighted by Gasteiger charge is -2.46. The second-order valence-electron chi connectivity index (χ2n) is 18.4. The Morgan fingerprint density at radius 1 is 0.691 bits per heavy atom. The average Bonchev–Trinajstić information content (AvgIpc) is 3.78. The molecule has 5 aliphatic rings. The Balaban J connectivity index is 0.991. The number of aliphatic hydroxyl groups excluding tert-OH is 6. The highest BCUT2D eigenvalue weighted by Crippen LogP contribution is 2.59. The van der Waals surface area contributed by atoms with Gasteiger partial charge in [0, 0.05) is 0 Å². The largest absolute Gasteiger partial charge is 0.394 e. The Labute approximate surface area is 332 Å². The van der Waals surface area contributed by atoms with Gasteiger partial charge in [0.2, 0.25) is 0 Å². The second-order valence-corrected chi connectivity index (χ2v) is 18.4. The summed E-state index contributed by atoms with van der Waals surface area (Å²) in [5.41, 5.74) is -0.356. The van der Waals surface area contributed by atoms with E-state index in [0.717, 1.165) is 56.3 Å². The molecule has 55 heavy (non-hydrogen) atoms. The van der Waals surface area contributed by atoms with Gasteiger partial charge in [0.15, 0.2) is 6.29 Å². The molecule has 3 heterocycles. The van der Waals surface area contributed by atoms with Crippen LogP contribution in [0.4, 0.5) is 0 Å². The van der Waals surface area contributed by atoms with E-state index in [4.69, 9.17) is 18.9 Å². The predicted octanol–water partition coefficient (Wildman–Crippen LogP) is 5.67. The smallest absolute Gasteiger partial charge is 0.186 e. The van der Waals surface area contributed by atoms with Crippen LogP contribution in [-0.4, -0.2) is 124 Å². The van der Waals surface area contributed by atoms with E-state index in [9.17, 15) is 30.6 Å². The first-order valence-electron chi connectivity index (χ1n) is 23.1. The summed E-state index contributed by atoms with van der Waals surface area (Å²) in [5, 5.41) is 66.9. The molecule has 13 atom stereocenters. The first-order chi connectivity index (χ1) is 26.8. The van der Waals surface area contributed by atoms with Gasteiger partial charge in [0.05, 0.1) is 62.4 Å². The first kappa shape index (κ1) is 45.6. The summed E-state index contributed by atoms with van der Waals surface area (Å²) in [7, 11) is 0. The fourth-order valence-corrected chi connectivity index (χ4v) is 10.3. The van der Waals surface area contributed by atoms with Crippen LogP contribution in [0.1, 0.15) is 167 Å². The van der Waals surface area contributed by atoms with Crippen LogP contribution in [0.15, 0.2) is 0 Å². The number of epoxide rings is 1. The third-order valence-electron chi connectivity index (χ3n) is 13.9. The van der Waals surface area contributed by atoms with E-state index in [0.29, 0.717) is 31.8 Å². The quantitative estimate of drug-likeness (QED) is 0.0331. The standard InChI is InChI=1S/C44H81NO10/c1-2-3-4-5-6-7-8-9-10-14-17-20-23-35(47)37(48)34(28-53-43-40(51)39(50)38(49)36(27-46)54-43)45-44(29-52-30-44)24-21-18-15-12-11-13-16-19-22-31-25-32-26-33(31)42-41(32)55-42/h31-43,45-51H,2-30H2,1H3/t31-,32+,33+,34-,35+,36?,37-,38?,39?,40?,41+,42-,43?/m0/s1. The molecule has 5 rings (SSSR count). The third-order valence-corrected chi connectivity index (χ3v) is 13.9. The van der Waals surface area contributed by atoms with Crippen LogP contribution in [0.5, 0.6) is 0 Å². The first-order valence-corrected chi connectivity index (χ1v) is 23.1. The minimum atomic E-state index is -1.55. The Kier molecular flexibility index (Phi) is 19.9. The minimum Gasteiger partial charge on any atom is -0.394 e. The van der Waals surface area contributed by atoms with Crippen LogP contribution < -0.4 is 5.32 Å². The Morgan fingerprint density at radius 3 is 1.85 bits per heavy atom. The van der Waals surface area contributed by atoms with Gasteiger partial charge in [-0.1, -0.05) is 142 Å². The molecular formula is C44H81NO10. The Hall–Kier alpha value is -0.440.